The number of aromatic nitrogens is 1. The average molecular weight is 401 g/mol. The van der Waals surface area contributed by atoms with E-state index in [-0.39, 0.29) is 18.0 Å². The second kappa shape index (κ2) is 9.55. The molecule has 0 spiro atoms. The summed E-state index contributed by atoms with van der Waals surface area (Å²) in [7, 11) is 0. The number of hydrogen-bond acceptors (Lipinski definition) is 4. The predicted octanol–water partition coefficient (Wildman–Crippen LogP) is 3.50. The molecule has 1 aromatic heterocycles. The van der Waals surface area contributed by atoms with Crippen molar-refractivity contribution in [2.75, 3.05) is 31.1 Å². The van der Waals surface area contributed by atoms with Crippen LogP contribution in [0.4, 0.5) is 5.82 Å². The Bertz CT molecular complexity index is 886. The van der Waals surface area contributed by atoms with Gasteiger partial charge < -0.3 is 10.2 Å². The normalized spacial score (nSPS) is 15.7. The minimum absolute atomic E-state index is 0.0546. The highest BCUT2D eigenvalue weighted by Crippen LogP contribution is 2.22. The maximum atomic E-state index is 13.2. The number of nitrogens with zero attached hydrogens (tertiary/aromatic N) is 3. The van der Waals surface area contributed by atoms with E-state index in [0.717, 1.165) is 43.1 Å². The van der Waals surface area contributed by atoms with Gasteiger partial charge in [-0.25, -0.2) is 4.98 Å². The first kappa shape index (κ1) is 20.1. The second-order valence-corrected chi connectivity index (χ2v) is 7.65. The molecule has 0 saturated carbocycles. The Kier molecular flexibility index (Phi) is 6.40. The van der Waals surface area contributed by atoms with Crippen LogP contribution in [0.1, 0.15) is 24.1 Å². The monoisotopic (exact) mass is 400 g/mol. The molecule has 30 heavy (non-hydrogen) atoms. The smallest absolute Gasteiger partial charge is 0.237 e. The Morgan fingerprint density at radius 3 is 1.93 bits per heavy atom. The zero-order chi connectivity index (χ0) is 20.8. The summed E-state index contributed by atoms with van der Waals surface area (Å²) in [4.78, 5) is 22.1. The second-order valence-electron chi connectivity index (χ2n) is 7.65. The Hall–Kier alpha value is -3.18. The van der Waals surface area contributed by atoms with E-state index in [2.05, 4.69) is 44.4 Å². The van der Waals surface area contributed by atoms with Crippen LogP contribution in [0.25, 0.3) is 0 Å². The van der Waals surface area contributed by atoms with Crippen molar-refractivity contribution >= 4 is 11.7 Å². The average Bonchev–Trinajstić information content (AvgIpc) is 2.83. The number of carbonyl (C=O) groups excluding carboxylic acids is 1. The summed E-state index contributed by atoms with van der Waals surface area (Å²) in [5, 5.41) is 3.28. The highest BCUT2D eigenvalue weighted by atomic mass is 16.2. The molecular formula is C25H28N4O. The molecule has 5 heteroatoms. The standard InChI is InChI=1S/C25H28N4O/c1-20(28-16-18-29(19-17-28)23-14-8-9-15-26-23)25(30)27-24(21-10-4-2-5-11-21)22-12-6-3-7-13-22/h2-15,20,24H,16-19H2,1H3,(H,27,30)/t20-/m0/s1. The van der Waals surface area contributed by atoms with Crippen LogP contribution in [0, 0.1) is 0 Å². The van der Waals surface area contributed by atoms with Gasteiger partial charge in [0.25, 0.3) is 0 Å². The van der Waals surface area contributed by atoms with Crippen molar-refractivity contribution in [2.24, 2.45) is 0 Å². The third kappa shape index (κ3) is 4.69. The highest BCUT2D eigenvalue weighted by Gasteiger charge is 2.28. The molecule has 1 N–H and O–H groups in total. The van der Waals surface area contributed by atoms with Gasteiger partial charge in [-0.15, -0.1) is 0 Å². The lowest BCUT2D eigenvalue weighted by Crippen LogP contribution is -2.54. The number of pyridine rings is 1. The maximum Gasteiger partial charge on any atom is 0.237 e. The van der Waals surface area contributed by atoms with Crippen LogP contribution in [0.2, 0.25) is 0 Å². The molecule has 2 aromatic carbocycles. The summed E-state index contributed by atoms with van der Waals surface area (Å²) in [6.45, 7) is 5.42. The molecule has 2 heterocycles. The van der Waals surface area contributed by atoms with Crippen LogP contribution < -0.4 is 10.2 Å². The largest absolute Gasteiger partial charge is 0.354 e. The third-order valence-electron chi connectivity index (χ3n) is 5.77. The molecule has 4 rings (SSSR count). The van der Waals surface area contributed by atoms with Crippen molar-refractivity contribution in [1.29, 1.82) is 0 Å². The summed E-state index contributed by atoms with van der Waals surface area (Å²) >= 11 is 0. The molecule has 154 valence electrons. The molecular weight excluding hydrogens is 372 g/mol. The molecule has 0 aliphatic carbocycles. The van der Waals surface area contributed by atoms with Crippen LogP contribution in [-0.4, -0.2) is 48.0 Å². The van der Waals surface area contributed by atoms with Crippen LogP contribution in [0.5, 0.6) is 0 Å². The SMILES string of the molecule is C[C@@H](C(=O)NC(c1ccccc1)c1ccccc1)N1CCN(c2ccccn2)CC1. The van der Waals surface area contributed by atoms with E-state index in [9.17, 15) is 4.79 Å². The summed E-state index contributed by atoms with van der Waals surface area (Å²) in [5.74, 6) is 1.06. The van der Waals surface area contributed by atoms with E-state index in [4.69, 9.17) is 0 Å². The number of carbonyl (C=O) groups is 1. The Morgan fingerprint density at radius 2 is 1.40 bits per heavy atom. The molecule has 1 saturated heterocycles. The number of benzene rings is 2. The van der Waals surface area contributed by atoms with Gasteiger partial charge in [0.15, 0.2) is 0 Å². The molecule has 0 bridgehead atoms. The number of rotatable bonds is 6. The lowest BCUT2D eigenvalue weighted by molar-refractivity contribution is -0.126. The number of hydrogen-bond donors (Lipinski definition) is 1. The van der Waals surface area contributed by atoms with Gasteiger partial charge in [0.1, 0.15) is 5.82 Å². The Labute approximate surface area is 178 Å². The molecule has 5 nitrogen and oxygen atoms in total. The first-order chi connectivity index (χ1) is 14.7. The number of anilines is 1. The van der Waals surface area contributed by atoms with Crippen LogP contribution >= 0.6 is 0 Å². The number of piperazine rings is 1. The third-order valence-corrected chi connectivity index (χ3v) is 5.77. The van der Waals surface area contributed by atoms with E-state index >= 15 is 0 Å². The Morgan fingerprint density at radius 1 is 0.833 bits per heavy atom. The zero-order valence-corrected chi connectivity index (χ0v) is 17.3. The van der Waals surface area contributed by atoms with Crippen LogP contribution in [0.3, 0.4) is 0 Å². The minimum atomic E-state index is -0.189. The van der Waals surface area contributed by atoms with E-state index in [0.29, 0.717) is 0 Å². The van der Waals surface area contributed by atoms with Crippen LogP contribution in [-0.2, 0) is 4.79 Å². The first-order valence-corrected chi connectivity index (χ1v) is 10.5. The van der Waals surface area contributed by atoms with Crippen molar-refractivity contribution in [3.63, 3.8) is 0 Å². The van der Waals surface area contributed by atoms with Gasteiger partial charge in [-0.2, -0.15) is 0 Å². The number of nitrogens with one attached hydrogen (secondary N) is 1. The lowest BCUT2D eigenvalue weighted by atomic mass is 9.98. The first-order valence-electron chi connectivity index (χ1n) is 10.5. The van der Waals surface area contributed by atoms with Crippen molar-refractivity contribution in [2.45, 2.75) is 19.0 Å². The van der Waals surface area contributed by atoms with Gasteiger partial charge in [0, 0.05) is 32.4 Å². The summed E-state index contributed by atoms with van der Waals surface area (Å²) in [6.07, 6.45) is 1.82. The summed E-state index contributed by atoms with van der Waals surface area (Å²) < 4.78 is 0. The lowest BCUT2D eigenvalue weighted by Gasteiger charge is -2.38. The number of amides is 1. The fourth-order valence-corrected chi connectivity index (χ4v) is 3.96. The van der Waals surface area contributed by atoms with Gasteiger partial charge in [-0.05, 0) is 30.2 Å². The highest BCUT2D eigenvalue weighted by molar-refractivity contribution is 5.82. The van der Waals surface area contributed by atoms with Crippen molar-refractivity contribution in [1.82, 2.24) is 15.2 Å². The zero-order valence-electron chi connectivity index (χ0n) is 17.3. The quantitative estimate of drug-likeness (QED) is 0.688. The molecule has 3 aromatic rings. The van der Waals surface area contributed by atoms with Gasteiger partial charge in [-0.1, -0.05) is 66.7 Å². The van der Waals surface area contributed by atoms with Crippen molar-refractivity contribution < 1.29 is 4.79 Å². The topological polar surface area (TPSA) is 48.5 Å². The molecule has 0 radical (unpaired) electrons. The van der Waals surface area contributed by atoms with Crippen molar-refractivity contribution in [3.8, 4) is 0 Å². The van der Waals surface area contributed by atoms with Gasteiger partial charge >= 0.3 is 0 Å². The molecule has 1 amide bonds. The van der Waals surface area contributed by atoms with Gasteiger partial charge in [0.2, 0.25) is 5.91 Å². The van der Waals surface area contributed by atoms with Crippen molar-refractivity contribution in [3.05, 3.63) is 96.2 Å². The fourth-order valence-electron chi connectivity index (χ4n) is 3.96. The molecule has 1 aliphatic heterocycles. The fraction of sp³-hybridized carbons (Fsp3) is 0.280. The molecule has 1 aliphatic rings. The predicted molar refractivity (Wildman–Crippen MR) is 120 cm³/mol. The van der Waals surface area contributed by atoms with E-state index in [1.54, 1.807) is 0 Å². The molecule has 0 unspecified atom stereocenters. The van der Waals surface area contributed by atoms with E-state index < -0.39 is 0 Å². The van der Waals surface area contributed by atoms with E-state index in [1.807, 2.05) is 67.7 Å². The van der Waals surface area contributed by atoms with E-state index in [1.165, 1.54) is 0 Å². The molecule has 1 atom stereocenters. The molecule has 1 fully saturated rings. The van der Waals surface area contributed by atoms with Crippen LogP contribution in [0.15, 0.2) is 85.1 Å². The maximum absolute atomic E-state index is 13.2. The van der Waals surface area contributed by atoms with Gasteiger partial charge in [-0.3, -0.25) is 9.69 Å². The summed E-state index contributed by atoms with van der Waals surface area (Å²) in [6, 6.07) is 25.9. The summed E-state index contributed by atoms with van der Waals surface area (Å²) in [5.41, 5.74) is 2.17. The van der Waals surface area contributed by atoms with Gasteiger partial charge in [0.05, 0.1) is 12.1 Å². The minimum Gasteiger partial charge on any atom is -0.354 e. The Balaban J connectivity index is 1.42.